The summed E-state index contributed by atoms with van der Waals surface area (Å²) in [5, 5.41) is 13.2. The Kier molecular flexibility index (Phi) is 5.04. The summed E-state index contributed by atoms with van der Waals surface area (Å²) in [5.74, 6) is -1.88. The molecule has 7 heteroatoms. The van der Waals surface area contributed by atoms with Gasteiger partial charge in [-0.25, -0.2) is 0 Å². The molecule has 2 bridgehead atoms. The van der Waals surface area contributed by atoms with E-state index in [1.165, 1.54) is 0 Å². The van der Waals surface area contributed by atoms with E-state index in [9.17, 15) is 14.7 Å². The van der Waals surface area contributed by atoms with Crippen molar-refractivity contribution in [1.82, 2.24) is 0 Å². The minimum Gasteiger partial charge on any atom is -0.481 e. The van der Waals surface area contributed by atoms with Crippen LogP contribution in [0, 0.1) is 23.7 Å². The van der Waals surface area contributed by atoms with Crippen molar-refractivity contribution < 1.29 is 19.4 Å². The Labute approximate surface area is 171 Å². The van der Waals surface area contributed by atoms with E-state index >= 15 is 0 Å². The minimum atomic E-state index is -0.936. The van der Waals surface area contributed by atoms with Gasteiger partial charge in [0.05, 0.1) is 22.5 Å². The second kappa shape index (κ2) is 7.49. The lowest BCUT2D eigenvalue weighted by molar-refractivity contribution is -0.146. The van der Waals surface area contributed by atoms with Gasteiger partial charge in [-0.05, 0) is 48.6 Å². The molecule has 28 heavy (non-hydrogen) atoms. The van der Waals surface area contributed by atoms with Crippen molar-refractivity contribution in [3.63, 3.8) is 0 Å². The van der Waals surface area contributed by atoms with Crippen LogP contribution in [0.4, 0.5) is 5.69 Å². The maximum Gasteiger partial charge on any atom is 0.307 e. The number of ether oxygens (including phenoxy) is 1. The molecule has 4 atom stereocenters. The van der Waals surface area contributed by atoms with E-state index in [1.54, 1.807) is 42.5 Å². The predicted octanol–water partition coefficient (Wildman–Crippen LogP) is 5.25. The average Bonchev–Trinajstić information content (AvgIpc) is 3.27. The minimum absolute atomic E-state index is 0.0510. The first-order chi connectivity index (χ1) is 13.4. The lowest BCUT2D eigenvalue weighted by Crippen LogP contribution is -2.36. The van der Waals surface area contributed by atoms with Crippen LogP contribution in [0.2, 0.25) is 10.0 Å². The number of nitrogens with one attached hydrogen (secondary N) is 1. The van der Waals surface area contributed by atoms with Crippen LogP contribution in [0.5, 0.6) is 11.5 Å². The summed E-state index contributed by atoms with van der Waals surface area (Å²) >= 11 is 12.1. The zero-order valence-corrected chi connectivity index (χ0v) is 16.2. The number of rotatable bonds is 5. The van der Waals surface area contributed by atoms with Gasteiger partial charge in [-0.15, -0.1) is 0 Å². The second-order valence-electron chi connectivity index (χ2n) is 7.00. The van der Waals surface area contributed by atoms with E-state index in [4.69, 9.17) is 27.9 Å². The first kappa shape index (κ1) is 18.8. The quantitative estimate of drug-likeness (QED) is 0.651. The molecule has 144 valence electrons. The van der Waals surface area contributed by atoms with Gasteiger partial charge in [-0.1, -0.05) is 47.5 Å². The number of anilines is 1. The number of carboxylic acid groups (broad SMARTS) is 1. The molecule has 1 amide bonds. The Hall–Kier alpha value is -2.50. The lowest BCUT2D eigenvalue weighted by atomic mass is 9.82. The number of halogens is 2. The third kappa shape index (κ3) is 3.48. The number of fused-ring (bicyclic) bond motifs is 2. The van der Waals surface area contributed by atoms with Crippen molar-refractivity contribution in [2.45, 2.75) is 6.42 Å². The molecular formula is C21H17Cl2NO4. The Bertz CT molecular complexity index is 975. The van der Waals surface area contributed by atoms with Crippen LogP contribution in [0.15, 0.2) is 54.6 Å². The van der Waals surface area contributed by atoms with Crippen molar-refractivity contribution in [2.24, 2.45) is 23.7 Å². The Balaban J connectivity index is 1.56. The van der Waals surface area contributed by atoms with Crippen LogP contribution >= 0.6 is 23.2 Å². The van der Waals surface area contributed by atoms with Crippen LogP contribution < -0.4 is 10.1 Å². The van der Waals surface area contributed by atoms with Gasteiger partial charge < -0.3 is 15.2 Å². The largest absolute Gasteiger partial charge is 0.481 e. The molecule has 0 heterocycles. The topological polar surface area (TPSA) is 75.6 Å². The molecule has 2 aromatic rings. The van der Waals surface area contributed by atoms with Crippen molar-refractivity contribution in [1.29, 1.82) is 0 Å². The molecule has 2 aliphatic carbocycles. The van der Waals surface area contributed by atoms with Crippen LogP contribution in [-0.2, 0) is 9.59 Å². The van der Waals surface area contributed by atoms with Crippen molar-refractivity contribution in [2.75, 3.05) is 5.32 Å². The van der Waals surface area contributed by atoms with Gasteiger partial charge in [-0.3, -0.25) is 9.59 Å². The van der Waals surface area contributed by atoms with Gasteiger partial charge in [0.2, 0.25) is 5.91 Å². The van der Waals surface area contributed by atoms with Crippen LogP contribution in [-0.4, -0.2) is 17.0 Å². The SMILES string of the molecule is O=C(O)[C@H]1[C@H](C(=O)Nc2ccccc2Oc2ccc(Cl)cc2Cl)[C@H]2C=C[C@H]1C2. The highest BCUT2D eigenvalue weighted by Crippen LogP contribution is 2.48. The summed E-state index contributed by atoms with van der Waals surface area (Å²) in [6.07, 6.45) is 4.56. The van der Waals surface area contributed by atoms with E-state index < -0.39 is 17.8 Å². The fourth-order valence-electron chi connectivity index (χ4n) is 4.07. The van der Waals surface area contributed by atoms with Crippen LogP contribution in [0.25, 0.3) is 0 Å². The van der Waals surface area contributed by atoms with E-state index in [-0.39, 0.29) is 17.7 Å². The summed E-state index contributed by atoms with van der Waals surface area (Å²) in [6.45, 7) is 0. The molecule has 1 saturated carbocycles. The van der Waals surface area contributed by atoms with Crippen molar-refractivity contribution in [3.8, 4) is 11.5 Å². The number of carbonyl (C=O) groups is 2. The summed E-state index contributed by atoms with van der Waals surface area (Å²) in [4.78, 5) is 24.6. The van der Waals surface area contributed by atoms with Crippen molar-refractivity contribution in [3.05, 3.63) is 64.7 Å². The molecule has 4 rings (SSSR count). The standard InChI is InChI=1S/C21H17Cl2NO4/c22-13-7-8-16(14(23)10-13)28-17-4-2-1-3-15(17)24-20(25)18-11-5-6-12(9-11)19(18)21(26)27/h1-8,10-12,18-19H,9H2,(H,24,25)(H,26,27)/t11-,12-,18+,19+/m0/s1. The number of carbonyl (C=O) groups excluding carboxylic acids is 1. The van der Waals surface area contributed by atoms with Gasteiger partial charge in [0.25, 0.3) is 0 Å². The molecular weight excluding hydrogens is 401 g/mol. The van der Waals surface area contributed by atoms with E-state index in [1.807, 2.05) is 12.2 Å². The van der Waals surface area contributed by atoms with Crippen LogP contribution in [0.1, 0.15) is 6.42 Å². The molecule has 5 nitrogen and oxygen atoms in total. The molecule has 1 fully saturated rings. The number of hydrogen-bond acceptors (Lipinski definition) is 3. The summed E-state index contributed by atoms with van der Waals surface area (Å²) in [6, 6.07) is 11.8. The monoisotopic (exact) mass is 417 g/mol. The predicted molar refractivity (Wildman–Crippen MR) is 107 cm³/mol. The number of benzene rings is 2. The smallest absolute Gasteiger partial charge is 0.307 e. The molecule has 0 aliphatic heterocycles. The number of para-hydroxylation sites is 2. The molecule has 0 radical (unpaired) electrons. The molecule has 0 spiro atoms. The first-order valence-electron chi connectivity index (χ1n) is 8.88. The lowest BCUT2D eigenvalue weighted by Gasteiger charge is -2.24. The molecule has 0 unspecified atom stereocenters. The third-order valence-electron chi connectivity index (χ3n) is 5.31. The Morgan fingerprint density at radius 1 is 1.00 bits per heavy atom. The van der Waals surface area contributed by atoms with Gasteiger partial charge in [-0.2, -0.15) is 0 Å². The number of allylic oxidation sites excluding steroid dienone is 2. The highest BCUT2D eigenvalue weighted by Gasteiger charge is 2.51. The highest BCUT2D eigenvalue weighted by atomic mass is 35.5. The van der Waals surface area contributed by atoms with Crippen LogP contribution in [0.3, 0.4) is 0 Å². The van der Waals surface area contributed by atoms with Crippen molar-refractivity contribution >= 4 is 40.8 Å². The second-order valence-corrected chi connectivity index (χ2v) is 7.84. The maximum absolute atomic E-state index is 12.9. The number of carboxylic acids is 1. The average molecular weight is 418 g/mol. The molecule has 2 aliphatic rings. The van der Waals surface area contributed by atoms with E-state index in [2.05, 4.69) is 5.32 Å². The first-order valence-corrected chi connectivity index (χ1v) is 9.63. The van der Waals surface area contributed by atoms with Gasteiger partial charge in [0.15, 0.2) is 5.75 Å². The maximum atomic E-state index is 12.9. The van der Waals surface area contributed by atoms with E-state index in [0.29, 0.717) is 33.7 Å². The number of hydrogen-bond donors (Lipinski definition) is 2. The summed E-state index contributed by atoms with van der Waals surface area (Å²) in [7, 11) is 0. The Morgan fingerprint density at radius 2 is 1.71 bits per heavy atom. The van der Waals surface area contributed by atoms with Gasteiger partial charge in [0, 0.05) is 5.02 Å². The molecule has 0 aromatic heterocycles. The van der Waals surface area contributed by atoms with Gasteiger partial charge in [0.1, 0.15) is 5.75 Å². The molecule has 2 N–H and O–H groups in total. The number of aliphatic carboxylic acids is 1. The summed E-state index contributed by atoms with van der Waals surface area (Å²) < 4.78 is 5.86. The summed E-state index contributed by atoms with van der Waals surface area (Å²) in [5.41, 5.74) is 0.453. The fourth-order valence-corrected chi connectivity index (χ4v) is 4.51. The highest BCUT2D eigenvalue weighted by molar-refractivity contribution is 6.35. The molecule has 0 saturated heterocycles. The molecule has 2 aromatic carbocycles. The zero-order chi connectivity index (χ0) is 19.8. The van der Waals surface area contributed by atoms with Gasteiger partial charge >= 0.3 is 5.97 Å². The number of amides is 1. The third-order valence-corrected chi connectivity index (χ3v) is 5.84. The Morgan fingerprint density at radius 3 is 2.43 bits per heavy atom. The normalized spacial score (nSPS) is 24.9. The fraction of sp³-hybridized carbons (Fsp3) is 0.238. The zero-order valence-electron chi connectivity index (χ0n) is 14.6. The van der Waals surface area contributed by atoms with E-state index in [0.717, 1.165) is 0 Å².